The van der Waals surface area contributed by atoms with E-state index in [1.54, 1.807) is 19.4 Å². The second-order valence-electron chi connectivity index (χ2n) is 3.52. The molecule has 0 unspecified atom stereocenters. The van der Waals surface area contributed by atoms with E-state index in [0.717, 1.165) is 0 Å². The molecule has 1 aromatic rings. The third-order valence-corrected chi connectivity index (χ3v) is 1.72. The van der Waals surface area contributed by atoms with Crippen LogP contribution in [-0.4, -0.2) is 29.1 Å². The zero-order valence-corrected chi connectivity index (χ0v) is 12.5. The second-order valence-corrected chi connectivity index (χ2v) is 3.52. The van der Waals surface area contributed by atoms with E-state index < -0.39 is 0 Å². The molecule has 0 amide bonds. The Morgan fingerprint density at radius 1 is 1.59 bits per heavy atom. The van der Waals surface area contributed by atoms with Crippen molar-refractivity contribution in [3.8, 4) is 5.88 Å². The van der Waals surface area contributed by atoms with Gasteiger partial charge in [-0.15, -0.1) is 24.0 Å². The van der Waals surface area contributed by atoms with Gasteiger partial charge in [-0.1, -0.05) is 0 Å². The average Bonchev–Trinajstić information content (AvgIpc) is 2.26. The second kappa shape index (κ2) is 8.04. The van der Waals surface area contributed by atoms with Gasteiger partial charge in [0.25, 0.3) is 0 Å². The number of guanidine groups is 1. The smallest absolute Gasteiger partial charge is 0.216 e. The lowest BCUT2D eigenvalue weighted by Gasteiger charge is -2.08. The molecule has 0 bridgehead atoms. The molecule has 0 saturated carbocycles. The number of rotatable bonds is 4. The zero-order valence-electron chi connectivity index (χ0n) is 10.2. The average molecular weight is 351 g/mol. The summed E-state index contributed by atoms with van der Waals surface area (Å²) < 4.78 is 4.98. The first-order chi connectivity index (χ1) is 7.61. The first-order valence-electron chi connectivity index (χ1n) is 5.04. The van der Waals surface area contributed by atoms with E-state index in [-0.39, 0.29) is 30.0 Å². The van der Waals surface area contributed by atoms with E-state index in [9.17, 15) is 0 Å². The van der Waals surface area contributed by atoms with Crippen LogP contribution in [0.25, 0.3) is 0 Å². The third-order valence-electron chi connectivity index (χ3n) is 1.72. The fourth-order valence-corrected chi connectivity index (χ4v) is 1.07. The minimum absolute atomic E-state index is 0. The van der Waals surface area contributed by atoms with Crippen LogP contribution in [0.4, 0.5) is 0 Å². The standard InChI is InChI=1S/C10H17N5O.HI/c1-7(2)14-10(11)13-6-8-12-5-4-9(15-8)16-3;/h4-5,7H,6H2,1-3H3,(H3,11,13,14);1H. The van der Waals surface area contributed by atoms with E-state index in [4.69, 9.17) is 10.5 Å². The van der Waals surface area contributed by atoms with Crippen molar-refractivity contribution < 1.29 is 4.74 Å². The van der Waals surface area contributed by atoms with Crippen LogP contribution in [0.3, 0.4) is 0 Å². The van der Waals surface area contributed by atoms with Crippen LogP contribution >= 0.6 is 24.0 Å². The Morgan fingerprint density at radius 2 is 2.29 bits per heavy atom. The molecule has 0 fully saturated rings. The Hall–Kier alpha value is -1.12. The van der Waals surface area contributed by atoms with Crippen molar-refractivity contribution in [2.24, 2.45) is 10.7 Å². The summed E-state index contributed by atoms with van der Waals surface area (Å²) in [5.41, 5.74) is 5.65. The van der Waals surface area contributed by atoms with E-state index in [1.807, 2.05) is 13.8 Å². The minimum Gasteiger partial charge on any atom is -0.481 e. The molecule has 7 heteroatoms. The van der Waals surface area contributed by atoms with Gasteiger partial charge in [-0.25, -0.2) is 9.98 Å². The summed E-state index contributed by atoms with van der Waals surface area (Å²) in [6, 6.07) is 1.94. The summed E-state index contributed by atoms with van der Waals surface area (Å²) in [5.74, 6) is 1.49. The summed E-state index contributed by atoms with van der Waals surface area (Å²) in [5, 5.41) is 2.98. The van der Waals surface area contributed by atoms with Gasteiger partial charge in [0.1, 0.15) is 6.54 Å². The van der Waals surface area contributed by atoms with Gasteiger partial charge in [-0.05, 0) is 13.8 Å². The lowest BCUT2D eigenvalue weighted by Crippen LogP contribution is -2.36. The molecule has 0 atom stereocenters. The summed E-state index contributed by atoms with van der Waals surface area (Å²) in [6.07, 6.45) is 1.63. The maximum Gasteiger partial charge on any atom is 0.216 e. The molecule has 1 rings (SSSR count). The van der Waals surface area contributed by atoms with Gasteiger partial charge in [0.15, 0.2) is 11.8 Å². The predicted molar refractivity (Wildman–Crippen MR) is 77.6 cm³/mol. The number of nitrogens with zero attached hydrogens (tertiary/aromatic N) is 3. The Kier molecular flexibility index (Phi) is 7.51. The fraction of sp³-hybridized carbons (Fsp3) is 0.500. The van der Waals surface area contributed by atoms with Crippen molar-refractivity contribution in [3.63, 3.8) is 0 Å². The van der Waals surface area contributed by atoms with E-state index in [2.05, 4.69) is 20.3 Å². The lowest BCUT2D eigenvalue weighted by atomic mass is 10.4. The highest BCUT2D eigenvalue weighted by Crippen LogP contribution is 2.04. The zero-order chi connectivity index (χ0) is 12.0. The molecule has 0 aliphatic carbocycles. The van der Waals surface area contributed by atoms with E-state index >= 15 is 0 Å². The first-order valence-corrected chi connectivity index (χ1v) is 5.04. The number of aromatic nitrogens is 2. The van der Waals surface area contributed by atoms with Crippen LogP contribution in [0, 0.1) is 0 Å². The minimum atomic E-state index is 0. The van der Waals surface area contributed by atoms with Crippen molar-refractivity contribution in [3.05, 3.63) is 18.1 Å². The monoisotopic (exact) mass is 351 g/mol. The highest BCUT2D eigenvalue weighted by molar-refractivity contribution is 14.0. The van der Waals surface area contributed by atoms with E-state index in [1.165, 1.54) is 0 Å². The normalized spacial score (nSPS) is 10.9. The molecule has 3 N–H and O–H groups in total. The summed E-state index contributed by atoms with van der Waals surface area (Å²) in [6.45, 7) is 4.32. The number of aliphatic imine (C=N–C) groups is 1. The van der Waals surface area contributed by atoms with Crippen LogP contribution < -0.4 is 15.8 Å². The number of halogens is 1. The SMILES string of the molecule is COc1ccnc(CN=C(N)NC(C)C)n1.I. The Balaban J connectivity index is 0.00000256. The van der Waals surface area contributed by atoms with E-state index in [0.29, 0.717) is 24.2 Å². The van der Waals surface area contributed by atoms with Crippen LogP contribution in [0.1, 0.15) is 19.7 Å². The van der Waals surface area contributed by atoms with Crippen molar-refractivity contribution in [1.29, 1.82) is 0 Å². The summed E-state index contributed by atoms with van der Waals surface area (Å²) >= 11 is 0. The number of ether oxygens (including phenoxy) is 1. The number of hydrogen-bond donors (Lipinski definition) is 2. The number of nitrogens with two attached hydrogens (primary N) is 1. The first kappa shape index (κ1) is 15.9. The predicted octanol–water partition coefficient (Wildman–Crippen LogP) is 0.916. The fourth-order valence-electron chi connectivity index (χ4n) is 1.07. The third kappa shape index (κ3) is 6.25. The largest absolute Gasteiger partial charge is 0.481 e. The molecule has 0 aromatic carbocycles. The van der Waals surface area contributed by atoms with Crippen molar-refractivity contribution in [1.82, 2.24) is 15.3 Å². The number of nitrogens with one attached hydrogen (secondary N) is 1. The quantitative estimate of drug-likeness (QED) is 0.479. The molecular weight excluding hydrogens is 333 g/mol. The topological polar surface area (TPSA) is 85.4 Å². The van der Waals surface area contributed by atoms with Crippen LogP contribution in [0.2, 0.25) is 0 Å². The Labute approximate surface area is 118 Å². The highest BCUT2D eigenvalue weighted by atomic mass is 127. The van der Waals surface area contributed by atoms with Crippen LogP contribution in [0.15, 0.2) is 17.3 Å². The molecule has 17 heavy (non-hydrogen) atoms. The van der Waals surface area contributed by atoms with Gasteiger partial charge >= 0.3 is 0 Å². The van der Waals surface area contributed by atoms with Gasteiger partial charge in [-0.2, -0.15) is 4.98 Å². The van der Waals surface area contributed by atoms with Gasteiger partial charge in [0.05, 0.1) is 7.11 Å². The van der Waals surface area contributed by atoms with Gasteiger partial charge in [-0.3, -0.25) is 0 Å². The molecule has 6 nitrogen and oxygen atoms in total. The van der Waals surface area contributed by atoms with Gasteiger partial charge in [0.2, 0.25) is 5.88 Å². The molecule has 1 heterocycles. The number of methoxy groups -OCH3 is 1. The maximum atomic E-state index is 5.65. The summed E-state index contributed by atoms with van der Waals surface area (Å²) in [7, 11) is 1.56. The van der Waals surface area contributed by atoms with Crippen LogP contribution in [0.5, 0.6) is 5.88 Å². The molecule has 0 saturated heterocycles. The lowest BCUT2D eigenvalue weighted by molar-refractivity contribution is 0.394. The molecule has 1 aromatic heterocycles. The highest BCUT2D eigenvalue weighted by Gasteiger charge is 1.99. The van der Waals surface area contributed by atoms with Crippen LogP contribution in [-0.2, 0) is 6.54 Å². The van der Waals surface area contributed by atoms with Crippen molar-refractivity contribution in [2.45, 2.75) is 26.4 Å². The Morgan fingerprint density at radius 3 is 2.88 bits per heavy atom. The molecule has 0 radical (unpaired) electrons. The van der Waals surface area contributed by atoms with Crippen molar-refractivity contribution >= 4 is 29.9 Å². The molecule has 96 valence electrons. The molecule has 0 aliphatic heterocycles. The molecule has 0 aliphatic rings. The molecule has 0 spiro atoms. The van der Waals surface area contributed by atoms with Gasteiger partial charge in [0, 0.05) is 18.3 Å². The molecular formula is C10H18IN5O. The Bertz CT molecular complexity index is 369. The number of hydrogen-bond acceptors (Lipinski definition) is 4. The van der Waals surface area contributed by atoms with Gasteiger partial charge < -0.3 is 15.8 Å². The summed E-state index contributed by atoms with van der Waals surface area (Å²) in [4.78, 5) is 12.3. The maximum absolute atomic E-state index is 5.65. The van der Waals surface area contributed by atoms with Crippen molar-refractivity contribution in [2.75, 3.05) is 7.11 Å².